The number of carbonyl (C=O) groups is 1. The lowest BCUT2D eigenvalue weighted by Crippen LogP contribution is -3.00. The molecule has 5 fully saturated rings. The van der Waals surface area contributed by atoms with Crippen molar-refractivity contribution in [3.8, 4) is 0 Å². The van der Waals surface area contributed by atoms with Crippen molar-refractivity contribution in [1.29, 1.82) is 0 Å². The predicted molar refractivity (Wildman–Crippen MR) is 173 cm³/mol. The number of quaternary nitrogens is 1. The van der Waals surface area contributed by atoms with Crippen molar-refractivity contribution >= 4 is 5.97 Å². The van der Waals surface area contributed by atoms with E-state index in [9.17, 15) is 9.90 Å². The second-order valence-corrected chi connectivity index (χ2v) is 17.8. The van der Waals surface area contributed by atoms with Gasteiger partial charge in [0.1, 0.15) is 13.2 Å². The van der Waals surface area contributed by atoms with E-state index in [1.54, 1.807) is 0 Å². The van der Waals surface area contributed by atoms with Crippen LogP contribution in [0.5, 0.6) is 0 Å². The molecule has 0 unspecified atom stereocenters. The molecule has 1 N–H and O–H groups in total. The van der Waals surface area contributed by atoms with Crippen molar-refractivity contribution in [2.75, 3.05) is 32.8 Å². The quantitative estimate of drug-likeness (QED) is 0.275. The van der Waals surface area contributed by atoms with Gasteiger partial charge in [0.15, 0.2) is 0 Å². The van der Waals surface area contributed by atoms with E-state index < -0.39 is 0 Å². The summed E-state index contributed by atoms with van der Waals surface area (Å²) in [6, 6.07) is 0. The Morgan fingerprint density at radius 3 is 2.07 bits per heavy atom. The average Bonchev–Trinajstić information content (AvgIpc) is 3.35. The van der Waals surface area contributed by atoms with Gasteiger partial charge in [-0.2, -0.15) is 0 Å². The molecule has 0 heterocycles. The number of hydrogen-bond acceptors (Lipinski definition) is 3. The molecule has 0 spiro atoms. The lowest BCUT2D eigenvalue weighted by Gasteiger charge is -2.72. The largest absolute Gasteiger partial charge is 1.00 e. The van der Waals surface area contributed by atoms with Crippen LogP contribution in [0, 0.1) is 62.6 Å². The number of likely N-dealkylation sites (N-methyl/N-ethyl adjacent to an activating group) is 1. The Balaban J connectivity index is 0.00000423. The highest BCUT2D eigenvalue weighted by atomic mass is 79.9. The Kier molecular flexibility index (Phi) is 10.1. The lowest BCUT2D eigenvalue weighted by molar-refractivity contribution is -0.923. The van der Waals surface area contributed by atoms with Crippen LogP contribution in [0.1, 0.15) is 133 Å². The van der Waals surface area contributed by atoms with Crippen molar-refractivity contribution < 1.29 is 36.1 Å². The van der Waals surface area contributed by atoms with E-state index in [1.807, 2.05) is 0 Å². The van der Waals surface area contributed by atoms with Gasteiger partial charge < -0.3 is 31.3 Å². The van der Waals surface area contributed by atoms with Gasteiger partial charge in [0, 0.05) is 0 Å². The van der Waals surface area contributed by atoms with E-state index in [0.29, 0.717) is 52.9 Å². The number of ether oxygens (including phenoxy) is 1. The fourth-order valence-electron chi connectivity index (χ4n) is 13.4. The van der Waals surface area contributed by atoms with Crippen molar-refractivity contribution in [3.63, 3.8) is 0 Å². The third-order valence-corrected chi connectivity index (χ3v) is 16.5. The number of nitrogens with zero attached hydrogens (tertiary/aromatic N) is 1. The molecular formula is C38H68BrNO3. The summed E-state index contributed by atoms with van der Waals surface area (Å²) in [6.45, 7) is 29.2. The standard InChI is InChI=1S/C38H68NO3.BrH/c1-11-39(12-2,13-3)24-25-42-33(41)38-21-16-27(26(4)5)32(38)28-14-15-30-35(8)19-18-31(40)34(6,7)29(35)17-20-37(30,10)36(28,9)22-23-38;/h26-32,40H,11-25H2,1-10H3;1H/q+1;/p-1/t27-,28+,29-,30+,31-,32+,35-,36+,37+,38-;/m0./s1. The first-order valence-corrected chi connectivity index (χ1v) is 18.3. The molecule has 0 amide bonds. The van der Waals surface area contributed by atoms with Gasteiger partial charge in [-0.05, 0) is 142 Å². The van der Waals surface area contributed by atoms with Crippen LogP contribution in [0.3, 0.4) is 0 Å². The zero-order chi connectivity index (χ0) is 30.9. The molecule has 4 nitrogen and oxygen atoms in total. The number of rotatable bonds is 8. The molecule has 5 saturated carbocycles. The molecule has 250 valence electrons. The summed E-state index contributed by atoms with van der Waals surface area (Å²) in [6.07, 6.45) is 11.5. The van der Waals surface area contributed by atoms with Crippen molar-refractivity contribution in [3.05, 3.63) is 0 Å². The molecule has 0 aliphatic heterocycles. The molecule has 5 heteroatoms. The first kappa shape index (κ1) is 35.7. The topological polar surface area (TPSA) is 46.5 Å². The molecule has 0 aromatic carbocycles. The van der Waals surface area contributed by atoms with E-state index in [-0.39, 0.29) is 45.3 Å². The Labute approximate surface area is 276 Å². The number of carbonyl (C=O) groups excluding carboxylic acids is 1. The second-order valence-electron chi connectivity index (χ2n) is 17.8. The van der Waals surface area contributed by atoms with E-state index in [1.165, 1.54) is 44.9 Å². The number of aliphatic hydroxyl groups excluding tert-OH is 1. The smallest absolute Gasteiger partial charge is 0.312 e. The SMILES string of the molecule is CC[N+](CC)(CC)CCOC(=O)[C@]12CC[C@@H](C(C)C)[C@@H]1[C@H]1CC[C@@H]3[C@@]4(C)CC[C@H](O)C(C)(C)[C@@H]4CC[C@@]3(C)[C@]1(C)CC2.[Br-]. The molecular weight excluding hydrogens is 598 g/mol. The minimum Gasteiger partial charge on any atom is -1.00 e. The van der Waals surface area contributed by atoms with Crippen molar-refractivity contribution in [2.45, 2.75) is 140 Å². The van der Waals surface area contributed by atoms with E-state index >= 15 is 0 Å². The highest BCUT2D eigenvalue weighted by Crippen LogP contribution is 2.77. The van der Waals surface area contributed by atoms with Crippen LogP contribution in [-0.4, -0.2) is 54.4 Å². The number of fused-ring (bicyclic) bond motifs is 7. The molecule has 0 radical (unpaired) electrons. The van der Waals surface area contributed by atoms with Gasteiger partial charge in [0.05, 0.1) is 31.2 Å². The fourth-order valence-corrected chi connectivity index (χ4v) is 13.4. The van der Waals surface area contributed by atoms with Crippen LogP contribution >= 0.6 is 0 Å². The Bertz CT molecular complexity index is 1000. The van der Waals surface area contributed by atoms with E-state index in [0.717, 1.165) is 49.9 Å². The molecule has 10 atom stereocenters. The van der Waals surface area contributed by atoms with Gasteiger partial charge in [0.2, 0.25) is 0 Å². The minimum absolute atomic E-state index is 0. The summed E-state index contributed by atoms with van der Waals surface area (Å²) in [5, 5.41) is 11.1. The van der Waals surface area contributed by atoms with Crippen LogP contribution in [0.4, 0.5) is 0 Å². The molecule has 0 bridgehead atoms. The van der Waals surface area contributed by atoms with Gasteiger partial charge in [-0.3, -0.25) is 4.79 Å². The summed E-state index contributed by atoms with van der Waals surface area (Å²) < 4.78 is 7.40. The first-order valence-electron chi connectivity index (χ1n) is 18.3. The summed E-state index contributed by atoms with van der Waals surface area (Å²) in [5.74, 6) is 3.75. The second kappa shape index (κ2) is 12.1. The Hall–Kier alpha value is -0.130. The lowest BCUT2D eigenvalue weighted by atomic mass is 9.32. The summed E-state index contributed by atoms with van der Waals surface area (Å²) in [7, 11) is 0. The molecule has 5 rings (SSSR count). The van der Waals surface area contributed by atoms with Crippen LogP contribution in [-0.2, 0) is 9.53 Å². The van der Waals surface area contributed by atoms with Crippen molar-refractivity contribution in [1.82, 2.24) is 0 Å². The predicted octanol–water partition coefficient (Wildman–Crippen LogP) is 5.51. The highest BCUT2D eigenvalue weighted by Gasteiger charge is 2.72. The average molecular weight is 667 g/mol. The van der Waals surface area contributed by atoms with Crippen LogP contribution < -0.4 is 17.0 Å². The summed E-state index contributed by atoms with van der Waals surface area (Å²) in [4.78, 5) is 14.4. The fraction of sp³-hybridized carbons (Fsp3) is 0.974. The third kappa shape index (κ3) is 5.04. The van der Waals surface area contributed by atoms with E-state index in [4.69, 9.17) is 4.74 Å². The molecule has 5 aliphatic rings. The first-order chi connectivity index (χ1) is 19.6. The monoisotopic (exact) mass is 665 g/mol. The van der Waals surface area contributed by atoms with Gasteiger partial charge in [-0.25, -0.2) is 0 Å². The maximum absolute atomic E-state index is 14.4. The van der Waals surface area contributed by atoms with Gasteiger partial charge in [-0.15, -0.1) is 0 Å². The summed E-state index contributed by atoms with van der Waals surface area (Å²) in [5.41, 5.74) is 0.567. The number of halogens is 1. The summed E-state index contributed by atoms with van der Waals surface area (Å²) >= 11 is 0. The maximum Gasteiger partial charge on any atom is 0.312 e. The van der Waals surface area contributed by atoms with Gasteiger partial charge in [0.25, 0.3) is 0 Å². The van der Waals surface area contributed by atoms with Crippen LogP contribution in [0.2, 0.25) is 0 Å². The third-order valence-electron chi connectivity index (χ3n) is 16.5. The van der Waals surface area contributed by atoms with Gasteiger partial charge >= 0.3 is 5.97 Å². The normalized spacial score (nSPS) is 45.3. The molecule has 5 aliphatic carbocycles. The number of esters is 1. The van der Waals surface area contributed by atoms with Crippen LogP contribution in [0.15, 0.2) is 0 Å². The molecule has 43 heavy (non-hydrogen) atoms. The maximum atomic E-state index is 14.4. The molecule has 0 aromatic heterocycles. The zero-order valence-electron chi connectivity index (χ0n) is 29.7. The van der Waals surface area contributed by atoms with E-state index in [2.05, 4.69) is 69.2 Å². The molecule has 0 aromatic rings. The van der Waals surface area contributed by atoms with Gasteiger partial charge in [-0.1, -0.05) is 48.5 Å². The number of hydrogen-bond donors (Lipinski definition) is 1. The Morgan fingerprint density at radius 1 is 0.814 bits per heavy atom. The van der Waals surface area contributed by atoms with Crippen molar-refractivity contribution in [2.24, 2.45) is 62.6 Å². The molecule has 0 saturated heterocycles. The van der Waals surface area contributed by atoms with Crippen LogP contribution in [0.25, 0.3) is 0 Å². The Morgan fingerprint density at radius 2 is 1.47 bits per heavy atom. The minimum atomic E-state index is -0.277. The number of aliphatic hydroxyl groups is 1. The highest BCUT2D eigenvalue weighted by molar-refractivity contribution is 5.78. The zero-order valence-corrected chi connectivity index (χ0v) is 31.3.